The summed E-state index contributed by atoms with van der Waals surface area (Å²) in [5.41, 5.74) is 11.2. The van der Waals surface area contributed by atoms with Gasteiger partial charge >= 0.3 is 0 Å². The van der Waals surface area contributed by atoms with E-state index >= 15 is 0 Å². The summed E-state index contributed by atoms with van der Waals surface area (Å²) in [6.45, 7) is 23.8. The molecule has 0 aliphatic carbocycles. The Labute approximate surface area is 258 Å². The molecule has 0 amide bonds. The summed E-state index contributed by atoms with van der Waals surface area (Å²) in [5, 5.41) is 27.4. The molecule has 0 aliphatic heterocycles. The molecule has 4 rings (SSSR count). The number of aromatic nitrogens is 2. The molecule has 0 aliphatic rings. The Hall–Kier alpha value is -4.60. The molecule has 4 aromatic rings. The fourth-order valence-corrected chi connectivity index (χ4v) is 5.98. The van der Waals surface area contributed by atoms with E-state index in [1.165, 1.54) is 44.7 Å². The van der Waals surface area contributed by atoms with Gasteiger partial charge in [-0.2, -0.15) is 5.26 Å². The van der Waals surface area contributed by atoms with Gasteiger partial charge in [-0.1, -0.05) is 63.1 Å². The van der Waals surface area contributed by atoms with Gasteiger partial charge in [0.15, 0.2) is 11.6 Å². The predicted molar refractivity (Wildman–Crippen MR) is 177 cm³/mol. The van der Waals surface area contributed by atoms with E-state index in [9.17, 15) is 5.26 Å². The molecule has 0 unspecified atom stereocenters. The molecule has 0 bridgehead atoms. The average molecular weight is 591 g/mol. The van der Waals surface area contributed by atoms with Crippen LogP contribution in [0.15, 0.2) is 34.5 Å². The van der Waals surface area contributed by atoms with Crippen molar-refractivity contribution in [3.8, 4) is 6.07 Å². The van der Waals surface area contributed by atoms with E-state index in [4.69, 9.17) is 11.6 Å². The Bertz CT molecular complexity index is 1740. The zero-order valence-electron chi connectivity index (χ0n) is 26.2. The number of anilines is 4. The zero-order chi connectivity index (χ0) is 31.3. The van der Waals surface area contributed by atoms with Crippen LogP contribution in [0.25, 0.3) is 4.85 Å². The van der Waals surface area contributed by atoms with Crippen molar-refractivity contribution < 1.29 is 0 Å². The third-order valence-electron chi connectivity index (χ3n) is 7.53. The second kappa shape index (κ2) is 13.6. The molecule has 0 saturated carbocycles. The second-order valence-corrected chi connectivity index (χ2v) is 11.5. The molecule has 0 fully saturated rings. The first kappa shape index (κ1) is 31.3. The number of benzene rings is 2. The first-order valence-corrected chi connectivity index (χ1v) is 15.5. The third-order valence-corrected chi connectivity index (χ3v) is 8.46. The van der Waals surface area contributed by atoms with Gasteiger partial charge in [-0.3, -0.25) is 0 Å². The van der Waals surface area contributed by atoms with Gasteiger partial charge in [0.05, 0.1) is 17.8 Å². The maximum Gasteiger partial charge on any atom is 0.265 e. The lowest BCUT2D eigenvalue weighted by atomic mass is 9.99. The Morgan fingerprint density at radius 2 is 1.28 bits per heavy atom. The van der Waals surface area contributed by atoms with Gasteiger partial charge in [-0.05, 0) is 75.6 Å². The maximum atomic E-state index is 10.4. The zero-order valence-corrected chi connectivity index (χ0v) is 27.0. The number of azo groups is 1. The van der Waals surface area contributed by atoms with Crippen LogP contribution in [0, 0.1) is 45.6 Å². The van der Waals surface area contributed by atoms with Crippen LogP contribution in [0.2, 0.25) is 0 Å². The number of aryl methyl sites for hydroxylation is 7. The molecule has 8 nitrogen and oxygen atoms in total. The number of nitrogens with one attached hydrogen (secondary N) is 2. The second-order valence-electron chi connectivity index (χ2n) is 10.5. The molecule has 43 heavy (non-hydrogen) atoms. The van der Waals surface area contributed by atoms with Crippen LogP contribution < -0.4 is 10.6 Å². The van der Waals surface area contributed by atoms with E-state index in [0.717, 1.165) is 37.1 Å². The number of hydrogen-bond acceptors (Lipinski definition) is 8. The van der Waals surface area contributed by atoms with Crippen LogP contribution in [-0.2, 0) is 25.7 Å². The van der Waals surface area contributed by atoms with Crippen LogP contribution >= 0.6 is 11.3 Å². The molecule has 2 aromatic heterocycles. The first-order chi connectivity index (χ1) is 20.7. The van der Waals surface area contributed by atoms with Gasteiger partial charge in [0, 0.05) is 16.9 Å². The van der Waals surface area contributed by atoms with Gasteiger partial charge in [0.1, 0.15) is 11.8 Å². The Morgan fingerprint density at radius 3 is 1.70 bits per heavy atom. The Balaban J connectivity index is 1.96. The molecule has 0 radical (unpaired) electrons. The number of hydrogen-bond donors (Lipinski definition) is 2. The summed E-state index contributed by atoms with van der Waals surface area (Å²) in [5.74, 6) is 0.969. The van der Waals surface area contributed by atoms with E-state index in [2.05, 4.69) is 103 Å². The van der Waals surface area contributed by atoms with Crippen molar-refractivity contribution >= 4 is 50.2 Å². The highest BCUT2D eigenvalue weighted by atomic mass is 32.1. The highest BCUT2D eigenvalue weighted by Crippen LogP contribution is 2.41. The highest BCUT2D eigenvalue weighted by molar-refractivity contribution is 7.19. The minimum atomic E-state index is 0.383. The van der Waals surface area contributed by atoms with Crippen LogP contribution in [0.3, 0.4) is 0 Å². The summed E-state index contributed by atoms with van der Waals surface area (Å²) in [7, 11) is 0. The topological polar surface area (TPSA) is 103 Å². The lowest BCUT2D eigenvalue weighted by Gasteiger charge is -2.21. The Kier molecular flexibility index (Phi) is 9.90. The minimum absolute atomic E-state index is 0.383. The van der Waals surface area contributed by atoms with Crippen molar-refractivity contribution in [1.29, 1.82) is 5.26 Å². The van der Waals surface area contributed by atoms with Crippen molar-refractivity contribution in [1.82, 2.24) is 9.97 Å². The number of pyridine rings is 1. The fraction of sp³-hybridized carbons (Fsp3) is 0.353. The van der Waals surface area contributed by atoms with Crippen LogP contribution in [0.1, 0.15) is 77.9 Å². The highest BCUT2D eigenvalue weighted by Gasteiger charge is 2.21. The van der Waals surface area contributed by atoms with E-state index in [0.29, 0.717) is 44.3 Å². The molecule has 9 heteroatoms. The van der Waals surface area contributed by atoms with Crippen molar-refractivity contribution in [2.75, 3.05) is 10.6 Å². The lowest BCUT2D eigenvalue weighted by Crippen LogP contribution is -2.09. The molecular formula is C34H38N8S. The number of nitrogens with zero attached hydrogens (tertiary/aromatic N) is 6. The van der Waals surface area contributed by atoms with E-state index in [1.54, 1.807) is 6.92 Å². The van der Waals surface area contributed by atoms with Crippen molar-refractivity contribution in [2.45, 2.75) is 81.1 Å². The molecule has 2 aromatic carbocycles. The van der Waals surface area contributed by atoms with Gasteiger partial charge < -0.3 is 10.6 Å². The standard InChI is InChI=1S/C34H38N8S/c1-10-23-14-19(5)15-24(11-2)29(23)38-31-27(18-35)21(7)28(41-42-34-37-22(8)33(36-9)43-34)32(40-31)39-30-25(12-3)16-20(6)17-26(30)13-4/h14-17H,10-13H2,1-8H3,(H2,38,39,40). The number of rotatable bonds is 10. The molecule has 0 atom stereocenters. The SMILES string of the molecule is [C-]#[N+]c1sc(N=Nc2c(Nc3c(CC)cc(C)cc3CC)nc(Nc3c(CC)cc(C)cc3CC)c(C#N)c2C)nc1C. The largest absolute Gasteiger partial charge is 0.339 e. The van der Waals surface area contributed by atoms with E-state index in [1.807, 2.05) is 6.92 Å². The molecule has 220 valence electrons. The van der Waals surface area contributed by atoms with Gasteiger partial charge in [0.25, 0.3) is 5.00 Å². The summed E-state index contributed by atoms with van der Waals surface area (Å²) in [4.78, 5) is 12.9. The molecule has 2 heterocycles. The third kappa shape index (κ3) is 6.58. The van der Waals surface area contributed by atoms with Gasteiger partial charge in [-0.25, -0.2) is 14.8 Å². The van der Waals surface area contributed by atoms with Crippen molar-refractivity contribution in [3.05, 3.63) is 85.9 Å². The minimum Gasteiger partial charge on any atom is -0.339 e. The number of nitriles is 1. The van der Waals surface area contributed by atoms with Crippen LogP contribution in [0.5, 0.6) is 0 Å². The molecule has 0 spiro atoms. The summed E-state index contributed by atoms with van der Waals surface area (Å²) < 4.78 is 0. The predicted octanol–water partition coefficient (Wildman–Crippen LogP) is 10.3. The summed E-state index contributed by atoms with van der Waals surface area (Å²) >= 11 is 1.19. The molecular weight excluding hydrogens is 552 g/mol. The van der Waals surface area contributed by atoms with E-state index in [-0.39, 0.29) is 0 Å². The lowest BCUT2D eigenvalue weighted by molar-refractivity contribution is 1.06. The van der Waals surface area contributed by atoms with Crippen molar-refractivity contribution in [2.24, 2.45) is 10.2 Å². The van der Waals surface area contributed by atoms with Crippen LogP contribution in [-0.4, -0.2) is 9.97 Å². The average Bonchev–Trinajstić information content (AvgIpc) is 3.36. The normalized spacial score (nSPS) is 11.0. The fourth-order valence-electron chi connectivity index (χ4n) is 5.30. The summed E-state index contributed by atoms with van der Waals surface area (Å²) in [6.07, 6.45) is 3.38. The summed E-state index contributed by atoms with van der Waals surface area (Å²) in [6, 6.07) is 11.1. The van der Waals surface area contributed by atoms with Crippen LogP contribution in [0.4, 0.5) is 38.8 Å². The van der Waals surface area contributed by atoms with Crippen molar-refractivity contribution in [3.63, 3.8) is 0 Å². The number of thiazole rings is 1. The smallest absolute Gasteiger partial charge is 0.265 e. The van der Waals surface area contributed by atoms with E-state index < -0.39 is 0 Å². The van der Waals surface area contributed by atoms with Gasteiger partial charge in [0.2, 0.25) is 5.13 Å². The first-order valence-electron chi connectivity index (χ1n) is 14.7. The monoisotopic (exact) mass is 590 g/mol. The molecule has 2 N–H and O–H groups in total. The quantitative estimate of drug-likeness (QED) is 0.141. The van der Waals surface area contributed by atoms with Gasteiger partial charge in [-0.15, -0.1) is 21.6 Å². The Morgan fingerprint density at radius 1 is 0.791 bits per heavy atom. The molecule has 0 saturated heterocycles. The maximum absolute atomic E-state index is 10.4.